The van der Waals surface area contributed by atoms with Crippen LogP contribution < -0.4 is 11.1 Å². The third kappa shape index (κ3) is 4.55. The standard InChI is InChI=1S/C17H27N3O/c1-3-13(2)16(18)17(21)19-15-8-6-7-14(11-15)12-20-9-4-5-10-20/h6-8,11,13,16H,3-5,9-10,12,18H2,1-2H3,(H,19,21). The number of nitrogens with zero attached hydrogens (tertiary/aromatic N) is 1. The highest BCUT2D eigenvalue weighted by atomic mass is 16.2. The van der Waals surface area contributed by atoms with Crippen LogP contribution in [0.1, 0.15) is 38.7 Å². The van der Waals surface area contributed by atoms with Crippen LogP contribution in [0.5, 0.6) is 0 Å². The number of benzene rings is 1. The van der Waals surface area contributed by atoms with Gasteiger partial charge < -0.3 is 11.1 Å². The average Bonchev–Trinajstić information content (AvgIpc) is 2.98. The number of carbonyl (C=O) groups is 1. The molecule has 1 heterocycles. The molecular formula is C17H27N3O. The molecule has 0 aromatic heterocycles. The van der Waals surface area contributed by atoms with Gasteiger partial charge in [-0.25, -0.2) is 0 Å². The second-order valence-electron chi connectivity index (χ2n) is 6.08. The molecule has 1 aromatic rings. The highest BCUT2D eigenvalue weighted by Crippen LogP contribution is 2.17. The summed E-state index contributed by atoms with van der Waals surface area (Å²) in [5.41, 5.74) is 8.05. The summed E-state index contributed by atoms with van der Waals surface area (Å²) in [6.07, 6.45) is 3.49. The van der Waals surface area contributed by atoms with Crippen LogP contribution >= 0.6 is 0 Å². The summed E-state index contributed by atoms with van der Waals surface area (Å²) in [6.45, 7) is 7.37. The number of hydrogen-bond acceptors (Lipinski definition) is 3. The summed E-state index contributed by atoms with van der Waals surface area (Å²) >= 11 is 0. The van der Waals surface area contributed by atoms with E-state index in [1.54, 1.807) is 0 Å². The zero-order chi connectivity index (χ0) is 15.2. The lowest BCUT2D eigenvalue weighted by Gasteiger charge is -2.19. The molecule has 2 atom stereocenters. The van der Waals surface area contributed by atoms with E-state index in [2.05, 4.69) is 29.3 Å². The second kappa shape index (κ2) is 7.57. The number of likely N-dealkylation sites (tertiary alicyclic amines) is 1. The number of anilines is 1. The van der Waals surface area contributed by atoms with Crippen molar-refractivity contribution in [3.05, 3.63) is 29.8 Å². The molecule has 0 bridgehead atoms. The number of hydrogen-bond donors (Lipinski definition) is 2. The highest BCUT2D eigenvalue weighted by Gasteiger charge is 2.19. The topological polar surface area (TPSA) is 58.4 Å². The lowest BCUT2D eigenvalue weighted by atomic mass is 9.99. The summed E-state index contributed by atoms with van der Waals surface area (Å²) in [5.74, 6) is 0.0976. The fraction of sp³-hybridized carbons (Fsp3) is 0.588. The summed E-state index contributed by atoms with van der Waals surface area (Å²) < 4.78 is 0. The Kier molecular flexibility index (Phi) is 5.76. The highest BCUT2D eigenvalue weighted by molar-refractivity contribution is 5.94. The molecule has 0 radical (unpaired) electrons. The van der Waals surface area contributed by atoms with Crippen molar-refractivity contribution in [3.8, 4) is 0 Å². The minimum atomic E-state index is -0.447. The Bertz CT molecular complexity index is 469. The lowest BCUT2D eigenvalue weighted by Crippen LogP contribution is -2.40. The van der Waals surface area contributed by atoms with Crippen molar-refractivity contribution in [2.24, 2.45) is 11.7 Å². The van der Waals surface area contributed by atoms with E-state index >= 15 is 0 Å². The maximum absolute atomic E-state index is 12.1. The third-order valence-corrected chi connectivity index (χ3v) is 4.36. The van der Waals surface area contributed by atoms with E-state index in [1.165, 1.54) is 31.5 Å². The van der Waals surface area contributed by atoms with Crippen molar-refractivity contribution in [3.63, 3.8) is 0 Å². The molecule has 2 rings (SSSR count). The van der Waals surface area contributed by atoms with Crippen LogP contribution in [0.4, 0.5) is 5.69 Å². The van der Waals surface area contributed by atoms with Crippen LogP contribution in [-0.4, -0.2) is 29.9 Å². The number of carbonyl (C=O) groups excluding carboxylic acids is 1. The number of amides is 1. The first kappa shape index (κ1) is 16.0. The van der Waals surface area contributed by atoms with Crippen LogP contribution in [0.15, 0.2) is 24.3 Å². The Morgan fingerprint density at radius 1 is 1.38 bits per heavy atom. The molecular weight excluding hydrogens is 262 g/mol. The van der Waals surface area contributed by atoms with Gasteiger partial charge in [0, 0.05) is 12.2 Å². The van der Waals surface area contributed by atoms with Gasteiger partial charge in [-0.1, -0.05) is 32.4 Å². The molecule has 4 nitrogen and oxygen atoms in total. The smallest absolute Gasteiger partial charge is 0.241 e. The molecule has 0 spiro atoms. The molecule has 21 heavy (non-hydrogen) atoms. The Hall–Kier alpha value is -1.39. The van der Waals surface area contributed by atoms with E-state index in [0.29, 0.717) is 0 Å². The number of nitrogens with two attached hydrogens (primary N) is 1. The van der Waals surface area contributed by atoms with Gasteiger partial charge in [-0.2, -0.15) is 0 Å². The lowest BCUT2D eigenvalue weighted by molar-refractivity contribution is -0.118. The van der Waals surface area contributed by atoms with Crippen molar-refractivity contribution in [1.29, 1.82) is 0 Å². The van der Waals surface area contributed by atoms with E-state index in [1.807, 2.05) is 19.1 Å². The second-order valence-corrected chi connectivity index (χ2v) is 6.08. The fourth-order valence-electron chi connectivity index (χ4n) is 2.68. The summed E-state index contributed by atoms with van der Waals surface area (Å²) in [6, 6.07) is 7.64. The largest absolute Gasteiger partial charge is 0.325 e. The third-order valence-electron chi connectivity index (χ3n) is 4.36. The molecule has 4 heteroatoms. The van der Waals surface area contributed by atoms with E-state index < -0.39 is 6.04 Å². The monoisotopic (exact) mass is 289 g/mol. The Morgan fingerprint density at radius 2 is 2.10 bits per heavy atom. The molecule has 1 aromatic carbocycles. The van der Waals surface area contributed by atoms with Crippen molar-refractivity contribution in [2.75, 3.05) is 18.4 Å². The van der Waals surface area contributed by atoms with Gasteiger partial charge in [0.2, 0.25) is 5.91 Å². The Morgan fingerprint density at radius 3 is 2.76 bits per heavy atom. The average molecular weight is 289 g/mol. The van der Waals surface area contributed by atoms with E-state index in [9.17, 15) is 4.79 Å². The molecule has 3 N–H and O–H groups in total. The van der Waals surface area contributed by atoms with Crippen molar-refractivity contribution >= 4 is 11.6 Å². The van der Waals surface area contributed by atoms with Crippen LogP contribution in [-0.2, 0) is 11.3 Å². The molecule has 116 valence electrons. The first-order valence-electron chi connectivity index (χ1n) is 7.98. The summed E-state index contributed by atoms with van der Waals surface area (Å²) in [4.78, 5) is 14.6. The first-order valence-corrected chi connectivity index (χ1v) is 7.98. The predicted molar refractivity (Wildman–Crippen MR) is 87.0 cm³/mol. The van der Waals surface area contributed by atoms with Crippen LogP contribution in [0, 0.1) is 5.92 Å². The van der Waals surface area contributed by atoms with E-state index in [-0.39, 0.29) is 11.8 Å². The molecule has 1 amide bonds. The molecule has 1 saturated heterocycles. The number of nitrogens with one attached hydrogen (secondary N) is 1. The fourth-order valence-corrected chi connectivity index (χ4v) is 2.68. The minimum absolute atomic E-state index is 0.0947. The number of rotatable bonds is 6. The molecule has 1 fully saturated rings. The van der Waals surface area contributed by atoms with E-state index in [0.717, 1.165) is 18.7 Å². The van der Waals surface area contributed by atoms with Gasteiger partial charge in [-0.05, 0) is 49.5 Å². The van der Waals surface area contributed by atoms with Gasteiger partial charge in [0.05, 0.1) is 6.04 Å². The quantitative estimate of drug-likeness (QED) is 0.846. The van der Waals surface area contributed by atoms with Gasteiger partial charge in [0.25, 0.3) is 0 Å². The molecule has 0 aliphatic carbocycles. The predicted octanol–water partition coefficient (Wildman–Crippen LogP) is 2.59. The van der Waals surface area contributed by atoms with E-state index in [4.69, 9.17) is 5.73 Å². The summed E-state index contributed by atoms with van der Waals surface area (Å²) in [7, 11) is 0. The van der Waals surface area contributed by atoms with Crippen LogP contribution in [0.3, 0.4) is 0 Å². The van der Waals surface area contributed by atoms with Crippen LogP contribution in [0.2, 0.25) is 0 Å². The molecule has 1 aliphatic rings. The van der Waals surface area contributed by atoms with Crippen molar-refractivity contribution in [1.82, 2.24) is 4.90 Å². The van der Waals surface area contributed by atoms with Crippen molar-refractivity contribution in [2.45, 2.75) is 45.7 Å². The van der Waals surface area contributed by atoms with Crippen LogP contribution in [0.25, 0.3) is 0 Å². The first-order chi connectivity index (χ1) is 10.1. The zero-order valence-corrected chi connectivity index (χ0v) is 13.1. The molecule has 2 unspecified atom stereocenters. The minimum Gasteiger partial charge on any atom is -0.325 e. The van der Waals surface area contributed by atoms with Crippen molar-refractivity contribution < 1.29 is 4.79 Å². The molecule has 1 aliphatic heterocycles. The maximum Gasteiger partial charge on any atom is 0.241 e. The summed E-state index contributed by atoms with van der Waals surface area (Å²) in [5, 5.41) is 2.94. The normalized spacial score (nSPS) is 18.4. The van der Waals surface area contributed by atoms with Gasteiger partial charge >= 0.3 is 0 Å². The van der Waals surface area contributed by atoms with Gasteiger partial charge in [-0.3, -0.25) is 9.69 Å². The zero-order valence-electron chi connectivity index (χ0n) is 13.1. The SMILES string of the molecule is CCC(C)C(N)C(=O)Nc1cccc(CN2CCCC2)c1. The Labute approximate surface area is 127 Å². The van der Waals surface area contributed by atoms with Gasteiger partial charge in [0.15, 0.2) is 0 Å². The van der Waals surface area contributed by atoms with Gasteiger partial charge in [-0.15, -0.1) is 0 Å². The van der Waals surface area contributed by atoms with Gasteiger partial charge in [0.1, 0.15) is 0 Å². The maximum atomic E-state index is 12.1. The Balaban J connectivity index is 1.95. The molecule has 0 saturated carbocycles.